The van der Waals surface area contributed by atoms with Gasteiger partial charge in [0.05, 0.1) is 12.7 Å². The van der Waals surface area contributed by atoms with Gasteiger partial charge in [0.25, 0.3) is 0 Å². The summed E-state index contributed by atoms with van der Waals surface area (Å²) in [5.74, 6) is 4.26. The molecule has 1 aromatic heterocycles. The average molecular weight is 258 g/mol. The molecule has 0 radical (unpaired) electrons. The highest BCUT2D eigenvalue weighted by Crippen LogP contribution is 2.54. The lowest BCUT2D eigenvalue weighted by Crippen LogP contribution is -2.49. The van der Waals surface area contributed by atoms with Gasteiger partial charge in [0.1, 0.15) is 5.82 Å². The van der Waals surface area contributed by atoms with Gasteiger partial charge < -0.3 is 10.5 Å². The Morgan fingerprint density at radius 2 is 1.79 bits per heavy atom. The summed E-state index contributed by atoms with van der Waals surface area (Å²) in [5, 5.41) is 0. The number of nitrogens with zero attached hydrogens (tertiary/aromatic N) is 1. The Labute approximate surface area is 114 Å². The summed E-state index contributed by atoms with van der Waals surface area (Å²) >= 11 is 0. The van der Waals surface area contributed by atoms with Crippen LogP contribution in [0.5, 0.6) is 0 Å². The summed E-state index contributed by atoms with van der Waals surface area (Å²) in [6.45, 7) is 0.632. The van der Waals surface area contributed by atoms with Crippen molar-refractivity contribution in [2.75, 3.05) is 5.73 Å². The fraction of sp³-hybridized carbons (Fsp3) is 0.688. The molecule has 19 heavy (non-hydrogen) atoms. The second-order valence-corrected chi connectivity index (χ2v) is 6.75. The Kier molecular flexibility index (Phi) is 2.76. The van der Waals surface area contributed by atoms with E-state index in [0.29, 0.717) is 18.5 Å². The maximum Gasteiger partial charge on any atom is 0.128 e. The summed E-state index contributed by atoms with van der Waals surface area (Å²) in [7, 11) is 0. The first kappa shape index (κ1) is 11.7. The average Bonchev–Trinajstić information content (AvgIpc) is 2.39. The van der Waals surface area contributed by atoms with E-state index in [1.807, 2.05) is 12.1 Å². The van der Waals surface area contributed by atoms with Crippen LogP contribution in [0.1, 0.15) is 37.7 Å². The van der Waals surface area contributed by atoms with Gasteiger partial charge in [-0.1, -0.05) is 6.07 Å². The monoisotopic (exact) mass is 258 g/mol. The van der Waals surface area contributed by atoms with Gasteiger partial charge in [-0.25, -0.2) is 4.98 Å². The fourth-order valence-electron chi connectivity index (χ4n) is 4.91. The molecule has 102 valence electrons. The van der Waals surface area contributed by atoms with Crippen LogP contribution in [0.2, 0.25) is 0 Å². The van der Waals surface area contributed by atoms with Gasteiger partial charge in [0.2, 0.25) is 0 Å². The van der Waals surface area contributed by atoms with Crippen molar-refractivity contribution in [3.63, 3.8) is 0 Å². The maximum absolute atomic E-state index is 6.27. The van der Waals surface area contributed by atoms with Gasteiger partial charge in [-0.05, 0) is 61.8 Å². The molecule has 4 bridgehead atoms. The summed E-state index contributed by atoms with van der Waals surface area (Å²) in [6.07, 6.45) is 9.32. The minimum atomic E-state index is 0.479. The fourth-order valence-corrected chi connectivity index (χ4v) is 4.91. The number of hydrogen-bond acceptors (Lipinski definition) is 3. The first-order valence-corrected chi connectivity index (χ1v) is 7.60. The number of ether oxygens (including phenoxy) is 1. The van der Waals surface area contributed by atoms with Crippen LogP contribution in [0, 0.1) is 23.7 Å². The molecule has 0 unspecified atom stereocenters. The van der Waals surface area contributed by atoms with E-state index in [2.05, 4.69) is 4.98 Å². The van der Waals surface area contributed by atoms with Crippen LogP contribution in [0.4, 0.5) is 5.82 Å². The Hall–Kier alpha value is -1.09. The highest BCUT2D eigenvalue weighted by Gasteiger charge is 2.48. The highest BCUT2D eigenvalue weighted by molar-refractivity contribution is 5.37. The van der Waals surface area contributed by atoms with Gasteiger partial charge in [-0.15, -0.1) is 0 Å². The van der Waals surface area contributed by atoms with E-state index in [-0.39, 0.29) is 0 Å². The molecule has 1 heterocycles. The van der Waals surface area contributed by atoms with Crippen molar-refractivity contribution >= 4 is 5.82 Å². The minimum Gasteiger partial charge on any atom is -0.383 e. The van der Waals surface area contributed by atoms with Crippen molar-refractivity contribution in [2.45, 2.75) is 44.8 Å². The van der Waals surface area contributed by atoms with Gasteiger partial charge in [0, 0.05) is 11.8 Å². The normalized spacial score (nSPS) is 39.7. The van der Waals surface area contributed by atoms with Crippen molar-refractivity contribution in [3.05, 3.63) is 23.9 Å². The zero-order chi connectivity index (χ0) is 12.8. The zero-order valence-electron chi connectivity index (χ0n) is 11.3. The molecule has 2 N–H and O–H groups in total. The molecule has 1 aromatic rings. The SMILES string of the molecule is Nc1ncccc1COC1C2CC3CC(C2)CC1C3. The summed E-state index contributed by atoms with van der Waals surface area (Å²) < 4.78 is 6.27. The smallest absolute Gasteiger partial charge is 0.128 e. The van der Waals surface area contributed by atoms with E-state index < -0.39 is 0 Å². The van der Waals surface area contributed by atoms with Crippen molar-refractivity contribution < 1.29 is 4.74 Å². The van der Waals surface area contributed by atoms with Crippen LogP contribution >= 0.6 is 0 Å². The Bertz CT molecular complexity index is 446. The van der Waals surface area contributed by atoms with E-state index in [1.165, 1.54) is 32.1 Å². The van der Waals surface area contributed by atoms with Crippen LogP contribution in [-0.4, -0.2) is 11.1 Å². The third-order valence-electron chi connectivity index (χ3n) is 5.50. The number of hydrogen-bond donors (Lipinski definition) is 1. The van der Waals surface area contributed by atoms with Gasteiger partial charge >= 0.3 is 0 Å². The topological polar surface area (TPSA) is 48.1 Å². The van der Waals surface area contributed by atoms with Gasteiger partial charge in [-0.3, -0.25) is 0 Å². The van der Waals surface area contributed by atoms with E-state index in [0.717, 1.165) is 29.2 Å². The first-order chi connectivity index (χ1) is 9.29. The van der Waals surface area contributed by atoms with Crippen LogP contribution in [-0.2, 0) is 11.3 Å². The van der Waals surface area contributed by atoms with E-state index in [4.69, 9.17) is 10.5 Å². The molecule has 4 fully saturated rings. The molecule has 4 saturated carbocycles. The predicted octanol–water partition coefficient (Wildman–Crippen LogP) is 3.01. The van der Waals surface area contributed by atoms with Gasteiger partial charge in [-0.2, -0.15) is 0 Å². The Balaban J connectivity index is 1.45. The van der Waals surface area contributed by atoms with Crippen molar-refractivity contribution in [1.29, 1.82) is 0 Å². The molecule has 5 rings (SSSR count). The molecule has 3 nitrogen and oxygen atoms in total. The van der Waals surface area contributed by atoms with Crippen LogP contribution < -0.4 is 5.73 Å². The molecule has 0 spiro atoms. The number of pyridine rings is 1. The Morgan fingerprint density at radius 1 is 1.11 bits per heavy atom. The van der Waals surface area contributed by atoms with Crippen molar-refractivity contribution in [2.24, 2.45) is 23.7 Å². The third-order valence-corrected chi connectivity index (χ3v) is 5.50. The zero-order valence-corrected chi connectivity index (χ0v) is 11.3. The minimum absolute atomic E-state index is 0.479. The number of aromatic nitrogens is 1. The van der Waals surface area contributed by atoms with Crippen LogP contribution in [0.3, 0.4) is 0 Å². The van der Waals surface area contributed by atoms with Crippen LogP contribution in [0.25, 0.3) is 0 Å². The van der Waals surface area contributed by atoms with Crippen LogP contribution in [0.15, 0.2) is 18.3 Å². The lowest BCUT2D eigenvalue weighted by Gasteiger charge is -2.54. The number of nitrogen functional groups attached to an aromatic ring is 1. The number of rotatable bonds is 3. The van der Waals surface area contributed by atoms with E-state index in [9.17, 15) is 0 Å². The largest absolute Gasteiger partial charge is 0.383 e. The molecule has 0 aliphatic heterocycles. The first-order valence-electron chi connectivity index (χ1n) is 7.60. The lowest BCUT2D eigenvalue weighted by atomic mass is 9.55. The highest BCUT2D eigenvalue weighted by atomic mass is 16.5. The van der Waals surface area contributed by atoms with E-state index in [1.54, 1.807) is 6.20 Å². The number of anilines is 1. The van der Waals surface area contributed by atoms with Gasteiger partial charge in [0.15, 0.2) is 0 Å². The molecular formula is C16H22N2O. The van der Waals surface area contributed by atoms with Crippen molar-refractivity contribution in [3.8, 4) is 0 Å². The quantitative estimate of drug-likeness (QED) is 0.906. The Morgan fingerprint density at radius 3 is 2.42 bits per heavy atom. The summed E-state index contributed by atoms with van der Waals surface area (Å²) in [5.41, 5.74) is 6.93. The molecule has 4 aliphatic rings. The molecule has 0 amide bonds. The molecule has 0 atom stereocenters. The molecule has 4 aliphatic carbocycles. The lowest BCUT2D eigenvalue weighted by molar-refractivity contribution is -0.131. The predicted molar refractivity (Wildman–Crippen MR) is 74.3 cm³/mol. The molecule has 3 heteroatoms. The third kappa shape index (κ3) is 2.04. The van der Waals surface area contributed by atoms with Crippen molar-refractivity contribution in [1.82, 2.24) is 4.98 Å². The van der Waals surface area contributed by atoms with E-state index >= 15 is 0 Å². The summed E-state index contributed by atoms with van der Waals surface area (Å²) in [4.78, 5) is 4.13. The second-order valence-electron chi connectivity index (χ2n) is 6.75. The summed E-state index contributed by atoms with van der Waals surface area (Å²) in [6, 6.07) is 3.96. The maximum atomic E-state index is 6.27. The standard InChI is InChI=1S/C16H22N2O/c17-16-12(2-1-3-18-16)9-19-15-13-5-10-4-11(7-13)8-14(15)6-10/h1-3,10-11,13-15H,4-9H2,(H2,17,18). The second kappa shape index (κ2) is 4.48. The molecule has 0 aromatic carbocycles. The molecule has 0 saturated heterocycles. The molecular weight excluding hydrogens is 236 g/mol. The number of nitrogens with two attached hydrogens (primary N) is 1.